The minimum absolute atomic E-state index is 0.0316. The molecule has 1 N–H and O–H groups in total. The van der Waals surface area contributed by atoms with Crippen LogP contribution in [0.25, 0.3) is 0 Å². The van der Waals surface area contributed by atoms with Crippen molar-refractivity contribution in [1.29, 1.82) is 0 Å². The lowest BCUT2D eigenvalue weighted by Gasteiger charge is -2.32. The van der Waals surface area contributed by atoms with E-state index in [2.05, 4.69) is 10.2 Å². The van der Waals surface area contributed by atoms with Gasteiger partial charge in [0.15, 0.2) is 0 Å². The number of nitrogens with zero attached hydrogens (tertiary/aromatic N) is 1. The van der Waals surface area contributed by atoms with E-state index in [1.54, 1.807) is 0 Å². The van der Waals surface area contributed by atoms with E-state index in [9.17, 15) is 17.6 Å². The van der Waals surface area contributed by atoms with Crippen LogP contribution in [-0.2, 0) is 12.6 Å². The third-order valence-corrected chi connectivity index (χ3v) is 4.18. The van der Waals surface area contributed by atoms with Crippen molar-refractivity contribution in [1.82, 2.24) is 10.2 Å². The zero-order valence-electron chi connectivity index (χ0n) is 12.9. The van der Waals surface area contributed by atoms with Crippen molar-refractivity contribution in [3.63, 3.8) is 0 Å². The summed E-state index contributed by atoms with van der Waals surface area (Å²) in [6, 6.07) is 3.29. The van der Waals surface area contributed by atoms with Gasteiger partial charge in [0.2, 0.25) is 0 Å². The second-order valence-electron chi connectivity index (χ2n) is 6.03. The first-order chi connectivity index (χ1) is 10.3. The van der Waals surface area contributed by atoms with Crippen LogP contribution in [-0.4, -0.2) is 36.6 Å². The van der Waals surface area contributed by atoms with Crippen LogP contribution < -0.4 is 5.32 Å². The van der Waals surface area contributed by atoms with Crippen molar-refractivity contribution >= 4 is 0 Å². The molecule has 124 valence electrons. The third-order valence-electron chi connectivity index (χ3n) is 4.18. The van der Waals surface area contributed by atoms with Gasteiger partial charge in [-0.25, -0.2) is 4.39 Å². The molecular weight excluding hydrogens is 296 g/mol. The van der Waals surface area contributed by atoms with E-state index in [-0.39, 0.29) is 18.0 Å². The molecule has 1 saturated heterocycles. The lowest BCUT2D eigenvalue weighted by molar-refractivity contribution is -0.138. The minimum atomic E-state index is -4.44. The molecule has 0 aliphatic carbocycles. The molecule has 0 bridgehead atoms. The molecule has 1 heterocycles. The summed E-state index contributed by atoms with van der Waals surface area (Å²) < 4.78 is 52.4. The van der Waals surface area contributed by atoms with Crippen LogP contribution in [0.15, 0.2) is 18.2 Å². The molecular formula is C16H22F4N2. The summed E-state index contributed by atoms with van der Waals surface area (Å²) >= 11 is 0. The summed E-state index contributed by atoms with van der Waals surface area (Å²) in [5.41, 5.74) is -0.703. The Morgan fingerprint density at radius 1 is 1.32 bits per heavy atom. The summed E-state index contributed by atoms with van der Waals surface area (Å²) in [5, 5.41) is 3.27. The average molecular weight is 318 g/mol. The predicted molar refractivity (Wildman–Crippen MR) is 78.2 cm³/mol. The highest BCUT2D eigenvalue weighted by atomic mass is 19.4. The number of rotatable bonds is 5. The SMILES string of the molecule is CC(C)N(CCc1cc(F)ccc1C(F)(F)F)[C@H]1CCNC1. The lowest BCUT2D eigenvalue weighted by atomic mass is 10.0. The van der Waals surface area contributed by atoms with Gasteiger partial charge in [0.25, 0.3) is 0 Å². The molecule has 0 radical (unpaired) electrons. The van der Waals surface area contributed by atoms with E-state index in [4.69, 9.17) is 0 Å². The zero-order valence-corrected chi connectivity index (χ0v) is 12.9. The van der Waals surface area contributed by atoms with Crippen molar-refractivity contribution in [2.45, 2.75) is 44.9 Å². The second kappa shape index (κ2) is 6.96. The van der Waals surface area contributed by atoms with Gasteiger partial charge >= 0.3 is 6.18 Å². The van der Waals surface area contributed by atoms with Crippen LogP contribution in [0.3, 0.4) is 0 Å². The topological polar surface area (TPSA) is 15.3 Å². The molecule has 0 unspecified atom stereocenters. The maximum atomic E-state index is 13.3. The maximum absolute atomic E-state index is 13.3. The number of nitrogens with one attached hydrogen (secondary N) is 1. The van der Waals surface area contributed by atoms with Crippen LogP contribution >= 0.6 is 0 Å². The van der Waals surface area contributed by atoms with Gasteiger partial charge in [-0.1, -0.05) is 0 Å². The Bertz CT molecular complexity index is 493. The molecule has 0 aromatic heterocycles. The van der Waals surface area contributed by atoms with Crippen LogP contribution in [0.1, 0.15) is 31.4 Å². The van der Waals surface area contributed by atoms with Crippen LogP contribution in [0, 0.1) is 5.82 Å². The van der Waals surface area contributed by atoms with Crippen LogP contribution in [0.4, 0.5) is 17.6 Å². The summed E-state index contributed by atoms with van der Waals surface area (Å²) in [4.78, 5) is 2.20. The first-order valence-corrected chi connectivity index (χ1v) is 7.61. The number of benzene rings is 1. The largest absolute Gasteiger partial charge is 0.416 e. The van der Waals surface area contributed by atoms with Crippen molar-refractivity contribution in [3.05, 3.63) is 35.1 Å². The molecule has 0 saturated carbocycles. The van der Waals surface area contributed by atoms with Gasteiger partial charge in [0.05, 0.1) is 5.56 Å². The summed E-state index contributed by atoms with van der Waals surface area (Å²) in [6.07, 6.45) is -3.25. The molecule has 1 aliphatic rings. The monoisotopic (exact) mass is 318 g/mol. The van der Waals surface area contributed by atoms with E-state index >= 15 is 0 Å². The van der Waals surface area contributed by atoms with E-state index in [0.29, 0.717) is 12.6 Å². The molecule has 2 rings (SSSR count). The Kier molecular flexibility index (Phi) is 5.45. The van der Waals surface area contributed by atoms with Gasteiger partial charge in [-0.3, -0.25) is 4.90 Å². The molecule has 2 nitrogen and oxygen atoms in total. The third kappa shape index (κ3) is 4.20. The number of hydrogen-bond acceptors (Lipinski definition) is 2. The minimum Gasteiger partial charge on any atom is -0.315 e. The van der Waals surface area contributed by atoms with Gasteiger partial charge in [0.1, 0.15) is 5.82 Å². The van der Waals surface area contributed by atoms with Gasteiger partial charge in [-0.15, -0.1) is 0 Å². The molecule has 0 spiro atoms. The highest BCUT2D eigenvalue weighted by molar-refractivity contribution is 5.30. The first kappa shape index (κ1) is 17.2. The maximum Gasteiger partial charge on any atom is 0.416 e. The highest BCUT2D eigenvalue weighted by Gasteiger charge is 2.33. The van der Waals surface area contributed by atoms with Crippen molar-refractivity contribution < 1.29 is 17.6 Å². The number of hydrogen-bond donors (Lipinski definition) is 1. The average Bonchev–Trinajstić information content (AvgIpc) is 2.91. The fourth-order valence-electron chi connectivity index (χ4n) is 3.08. The summed E-state index contributed by atoms with van der Waals surface area (Å²) in [6.45, 7) is 6.36. The van der Waals surface area contributed by atoms with Gasteiger partial charge in [-0.05, 0) is 57.0 Å². The Hall–Kier alpha value is -1.14. The summed E-state index contributed by atoms with van der Waals surface area (Å²) in [5.74, 6) is -0.623. The molecule has 1 aromatic rings. The quantitative estimate of drug-likeness (QED) is 0.837. The smallest absolute Gasteiger partial charge is 0.315 e. The molecule has 1 aromatic carbocycles. The highest BCUT2D eigenvalue weighted by Crippen LogP contribution is 2.32. The second-order valence-corrected chi connectivity index (χ2v) is 6.03. The Labute approximate surface area is 128 Å². The molecule has 1 fully saturated rings. The van der Waals surface area contributed by atoms with E-state index in [1.165, 1.54) is 0 Å². The van der Waals surface area contributed by atoms with Crippen molar-refractivity contribution in [2.75, 3.05) is 19.6 Å². The number of alkyl halides is 3. The Morgan fingerprint density at radius 2 is 2.05 bits per heavy atom. The van der Waals surface area contributed by atoms with E-state index in [0.717, 1.165) is 37.7 Å². The van der Waals surface area contributed by atoms with E-state index < -0.39 is 17.6 Å². The molecule has 1 atom stereocenters. The van der Waals surface area contributed by atoms with Gasteiger partial charge < -0.3 is 5.32 Å². The predicted octanol–water partition coefficient (Wildman–Crippen LogP) is 3.46. The van der Waals surface area contributed by atoms with Crippen LogP contribution in [0.2, 0.25) is 0 Å². The molecule has 0 amide bonds. The molecule has 1 aliphatic heterocycles. The Balaban J connectivity index is 2.13. The fourth-order valence-corrected chi connectivity index (χ4v) is 3.08. The zero-order chi connectivity index (χ0) is 16.3. The van der Waals surface area contributed by atoms with Gasteiger partial charge in [0, 0.05) is 25.2 Å². The molecule has 6 heteroatoms. The normalized spacial score (nSPS) is 19.4. The Morgan fingerprint density at radius 3 is 2.59 bits per heavy atom. The van der Waals surface area contributed by atoms with Crippen LogP contribution in [0.5, 0.6) is 0 Å². The van der Waals surface area contributed by atoms with Crippen molar-refractivity contribution in [3.8, 4) is 0 Å². The lowest BCUT2D eigenvalue weighted by Crippen LogP contribution is -2.43. The number of halogens is 4. The first-order valence-electron chi connectivity index (χ1n) is 7.61. The van der Waals surface area contributed by atoms with E-state index in [1.807, 2.05) is 13.8 Å². The summed E-state index contributed by atoms with van der Waals surface area (Å²) in [7, 11) is 0. The molecule has 22 heavy (non-hydrogen) atoms. The van der Waals surface area contributed by atoms with Gasteiger partial charge in [-0.2, -0.15) is 13.2 Å². The standard InChI is InChI=1S/C16H22F4N2/c1-11(2)22(14-5-7-21-10-14)8-6-12-9-13(17)3-4-15(12)16(18,19)20/h3-4,9,11,14,21H,5-8,10H2,1-2H3/t14-/m0/s1. The van der Waals surface area contributed by atoms with Crippen molar-refractivity contribution in [2.24, 2.45) is 0 Å². The fraction of sp³-hybridized carbons (Fsp3) is 0.625.